The van der Waals surface area contributed by atoms with Crippen LogP contribution in [0.1, 0.15) is 12.8 Å². The highest BCUT2D eigenvalue weighted by atomic mass is 16.5. The molecule has 7 aromatic carbocycles. The van der Waals surface area contributed by atoms with Gasteiger partial charge < -0.3 is 9.64 Å². The van der Waals surface area contributed by atoms with Crippen LogP contribution in [0.15, 0.2) is 206 Å². The Balaban J connectivity index is 1.22. The Morgan fingerprint density at radius 3 is 1.57 bits per heavy atom. The number of allylic oxidation sites excluding steroid dienone is 3. The van der Waals surface area contributed by atoms with Crippen molar-refractivity contribution < 1.29 is 4.74 Å². The quantitative estimate of drug-likeness (QED) is 0.164. The van der Waals surface area contributed by atoms with Gasteiger partial charge in [-0.05, 0) is 76.2 Å². The third kappa shape index (κ3) is 6.25. The molecule has 10 rings (SSSR count). The van der Waals surface area contributed by atoms with Crippen molar-refractivity contribution >= 4 is 11.4 Å². The van der Waals surface area contributed by atoms with Crippen LogP contribution < -0.4 is 9.64 Å². The van der Waals surface area contributed by atoms with Gasteiger partial charge in [-0.25, -0.2) is 15.0 Å². The van der Waals surface area contributed by atoms with E-state index in [4.69, 9.17) is 19.7 Å². The number of aromatic nitrogens is 3. The van der Waals surface area contributed by atoms with Crippen LogP contribution in [-0.2, 0) is 0 Å². The first-order valence-electron chi connectivity index (χ1n) is 19.0. The van der Waals surface area contributed by atoms with E-state index in [0.717, 1.165) is 74.8 Å². The minimum atomic E-state index is 0.588. The van der Waals surface area contributed by atoms with Gasteiger partial charge in [0.15, 0.2) is 23.2 Å². The first kappa shape index (κ1) is 33.2. The maximum absolute atomic E-state index is 6.53. The molecule has 0 fully saturated rings. The van der Waals surface area contributed by atoms with E-state index < -0.39 is 0 Å². The number of para-hydroxylation sites is 2. The first-order chi connectivity index (χ1) is 27.8. The molecule has 1 aliphatic heterocycles. The number of fused-ring (bicyclic) bond motifs is 1. The summed E-state index contributed by atoms with van der Waals surface area (Å²) in [7, 11) is 0. The Bertz CT molecular complexity index is 2700. The summed E-state index contributed by atoms with van der Waals surface area (Å²) in [5.74, 6) is 3.60. The van der Waals surface area contributed by atoms with Crippen LogP contribution in [0.3, 0.4) is 0 Å². The summed E-state index contributed by atoms with van der Waals surface area (Å²) in [6, 6.07) is 63.2. The monoisotopic (exact) mass is 720 g/mol. The molecule has 1 aromatic heterocycles. The third-order valence-electron chi connectivity index (χ3n) is 10.4. The van der Waals surface area contributed by atoms with Crippen molar-refractivity contribution in [3.8, 4) is 73.3 Å². The lowest BCUT2D eigenvalue weighted by Gasteiger charge is -2.36. The fraction of sp³-hybridized carbons (Fsp3) is 0.0392. The lowest BCUT2D eigenvalue weighted by atomic mass is 9.90. The van der Waals surface area contributed by atoms with Gasteiger partial charge >= 0.3 is 0 Å². The molecule has 0 radical (unpaired) electrons. The summed E-state index contributed by atoms with van der Waals surface area (Å²) >= 11 is 0. The number of benzene rings is 7. The summed E-state index contributed by atoms with van der Waals surface area (Å²) in [6.07, 6.45) is 6.15. The zero-order valence-corrected chi connectivity index (χ0v) is 30.6. The highest BCUT2D eigenvalue weighted by Gasteiger charge is 2.30. The molecule has 0 amide bonds. The van der Waals surface area contributed by atoms with Gasteiger partial charge in [-0.2, -0.15) is 0 Å². The van der Waals surface area contributed by atoms with E-state index in [-0.39, 0.29) is 0 Å². The van der Waals surface area contributed by atoms with E-state index in [1.807, 2.05) is 72.8 Å². The smallest absolute Gasteiger partial charge is 0.166 e. The summed E-state index contributed by atoms with van der Waals surface area (Å²) < 4.78 is 6.53. The molecule has 2 aliphatic rings. The Morgan fingerprint density at radius 2 is 0.929 bits per heavy atom. The summed E-state index contributed by atoms with van der Waals surface area (Å²) in [4.78, 5) is 17.9. The van der Waals surface area contributed by atoms with Crippen molar-refractivity contribution in [1.82, 2.24) is 15.0 Å². The van der Waals surface area contributed by atoms with Crippen molar-refractivity contribution in [3.05, 3.63) is 206 Å². The molecule has 2 heterocycles. The molecule has 1 aliphatic carbocycles. The van der Waals surface area contributed by atoms with E-state index in [2.05, 4.69) is 126 Å². The predicted molar refractivity (Wildman–Crippen MR) is 227 cm³/mol. The standard InChI is InChI=1S/C51H36N4O/c1-5-17-35(18-6-1)41-31-29-39(33-42(41)36-19-7-2-8-20-36)40-30-32-44(55-45-25-13-15-27-47(45)56-48-28-16-14-26-46(48)55)43(34-40)51-53-49(37-21-9-3-10-22-37)52-50(54-51)38-23-11-4-12-24-38/h1-15,17-27,29-34H,16,28H2. The van der Waals surface area contributed by atoms with Crippen LogP contribution in [0.25, 0.3) is 67.5 Å². The van der Waals surface area contributed by atoms with Crippen molar-refractivity contribution in [2.75, 3.05) is 4.90 Å². The lowest BCUT2D eigenvalue weighted by molar-refractivity contribution is 0.388. The van der Waals surface area contributed by atoms with Gasteiger partial charge in [0, 0.05) is 23.1 Å². The number of hydrogen-bond donors (Lipinski definition) is 0. The second kappa shape index (κ2) is 14.5. The lowest BCUT2D eigenvalue weighted by Crippen LogP contribution is -2.25. The van der Waals surface area contributed by atoms with Crippen LogP contribution in [-0.4, -0.2) is 15.0 Å². The zero-order valence-electron chi connectivity index (χ0n) is 30.6. The third-order valence-corrected chi connectivity index (χ3v) is 10.4. The molecule has 0 unspecified atom stereocenters. The molecule has 0 atom stereocenters. The maximum Gasteiger partial charge on any atom is 0.166 e. The number of nitrogens with zero attached hydrogens (tertiary/aromatic N) is 4. The Hall–Kier alpha value is -7.37. The average molecular weight is 721 g/mol. The molecule has 5 nitrogen and oxygen atoms in total. The Labute approximate surface area is 326 Å². The fourth-order valence-electron chi connectivity index (χ4n) is 7.65. The SMILES string of the molecule is C1=CC2=C(CC1)Oc1ccccc1N2c1ccc(-c2ccc(-c3ccccc3)c(-c3ccccc3)c2)cc1-c1nc(-c2ccccc2)nc(-c2ccccc2)n1. The molecule has 0 N–H and O–H groups in total. The summed E-state index contributed by atoms with van der Waals surface area (Å²) in [6.45, 7) is 0. The van der Waals surface area contributed by atoms with Crippen molar-refractivity contribution in [2.24, 2.45) is 0 Å². The van der Waals surface area contributed by atoms with Gasteiger partial charge in [0.05, 0.1) is 17.1 Å². The van der Waals surface area contributed by atoms with Crippen LogP contribution in [0.4, 0.5) is 11.4 Å². The van der Waals surface area contributed by atoms with Crippen LogP contribution >= 0.6 is 0 Å². The molecular formula is C51H36N4O. The van der Waals surface area contributed by atoms with Gasteiger partial charge in [-0.3, -0.25) is 0 Å². The van der Waals surface area contributed by atoms with Crippen molar-refractivity contribution in [2.45, 2.75) is 12.8 Å². The van der Waals surface area contributed by atoms with Crippen molar-refractivity contribution in [3.63, 3.8) is 0 Å². The van der Waals surface area contributed by atoms with Gasteiger partial charge in [0.25, 0.3) is 0 Å². The predicted octanol–water partition coefficient (Wildman–Crippen LogP) is 13.0. The molecule has 0 bridgehead atoms. The summed E-state index contributed by atoms with van der Waals surface area (Å²) in [5, 5.41) is 0. The van der Waals surface area contributed by atoms with E-state index in [1.54, 1.807) is 0 Å². The maximum atomic E-state index is 6.53. The minimum absolute atomic E-state index is 0.588. The van der Waals surface area contributed by atoms with Gasteiger partial charge in [-0.15, -0.1) is 0 Å². The number of hydrogen-bond acceptors (Lipinski definition) is 5. The topological polar surface area (TPSA) is 51.1 Å². The average Bonchev–Trinajstić information content (AvgIpc) is 3.29. The minimum Gasteiger partial charge on any atom is -0.457 e. The zero-order chi connectivity index (χ0) is 37.3. The molecule has 8 aromatic rings. The van der Waals surface area contributed by atoms with E-state index in [0.29, 0.717) is 17.5 Å². The van der Waals surface area contributed by atoms with E-state index in [9.17, 15) is 0 Å². The van der Waals surface area contributed by atoms with E-state index in [1.165, 1.54) is 16.7 Å². The molecule has 0 saturated heterocycles. The Morgan fingerprint density at radius 1 is 0.411 bits per heavy atom. The second-order valence-electron chi connectivity index (χ2n) is 13.9. The van der Waals surface area contributed by atoms with Crippen LogP contribution in [0.5, 0.6) is 5.75 Å². The Kier molecular flexibility index (Phi) is 8.58. The van der Waals surface area contributed by atoms with E-state index >= 15 is 0 Å². The molecule has 56 heavy (non-hydrogen) atoms. The molecule has 0 saturated carbocycles. The number of anilines is 2. The molecule has 266 valence electrons. The normalized spacial score (nSPS) is 13.2. The highest BCUT2D eigenvalue weighted by Crippen LogP contribution is 2.48. The summed E-state index contributed by atoms with van der Waals surface area (Å²) in [5.41, 5.74) is 12.5. The largest absolute Gasteiger partial charge is 0.457 e. The van der Waals surface area contributed by atoms with Crippen LogP contribution in [0.2, 0.25) is 0 Å². The second-order valence-corrected chi connectivity index (χ2v) is 13.9. The van der Waals surface area contributed by atoms with Gasteiger partial charge in [0.1, 0.15) is 5.76 Å². The van der Waals surface area contributed by atoms with Crippen LogP contribution in [0, 0.1) is 0 Å². The van der Waals surface area contributed by atoms with Gasteiger partial charge in [-0.1, -0.05) is 158 Å². The fourth-order valence-corrected chi connectivity index (χ4v) is 7.65. The van der Waals surface area contributed by atoms with Gasteiger partial charge in [0.2, 0.25) is 0 Å². The highest BCUT2D eigenvalue weighted by molar-refractivity contribution is 5.91. The number of rotatable bonds is 7. The molecule has 5 heteroatoms. The first-order valence-corrected chi connectivity index (χ1v) is 19.0. The van der Waals surface area contributed by atoms with Crippen molar-refractivity contribution in [1.29, 1.82) is 0 Å². The number of ether oxygens (including phenoxy) is 1. The molecule has 0 spiro atoms. The molecular weight excluding hydrogens is 685 g/mol.